The Bertz CT molecular complexity index is 405. The van der Waals surface area contributed by atoms with Crippen LogP contribution in [0.2, 0.25) is 0 Å². The van der Waals surface area contributed by atoms with E-state index >= 15 is 0 Å². The Balaban J connectivity index is 2.61. The van der Waals surface area contributed by atoms with Gasteiger partial charge in [0.1, 0.15) is 0 Å². The Labute approximate surface area is 95.8 Å². The SMILES string of the molecule is CN(Cc1cccnc1)S(=O)(=O)CCCO. The van der Waals surface area contributed by atoms with E-state index in [0.717, 1.165) is 5.56 Å². The van der Waals surface area contributed by atoms with Crippen molar-refractivity contribution in [3.8, 4) is 0 Å². The number of aromatic nitrogens is 1. The number of aliphatic hydroxyl groups is 1. The van der Waals surface area contributed by atoms with E-state index in [1.807, 2.05) is 6.07 Å². The van der Waals surface area contributed by atoms with Gasteiger partial charge in [-0.3, -0.25) is 4.98 Å². The highest BCUT2D eigenvalue weighted by Crippen LogP contribution is 2.07. The van der Waals surface area contributed by atoms with Crippen molar-refractivity contribution in [1.82, 2.24) is 9.29 Å². The normalized spacial score (nSPS) is 11.9. The van der Waals surface area contributed by atoms with Crippen LogP contribution in [0.4, 0.5) is 0 Å². The van der Waals surface area contributed by atoms with Crippen molar-refractivity contribution in [2.75, 3.05) is 19.4 Å². The quantitative estimate of drug-likeness (QED) is 0.777. The standard InChI is InChI=1S/C10H16N2O3S/c1-12(16(14,15)7-3-6-13)9-10-4-2-5-11-8-10/h2,4-5,8,13H,3,6-7,9H2,1H3. The molecule has 0 aliphatic rings. The van der Waals surface area contributed by atoms with Gasteiger partial charge in [0, 0.05) is 32.6 Å². The molecule has 0 amide bonds. The minimum absolute atomic E-state index is 0.0275. The second kappa shape index (κ2) is 5.93. The Morgan fingerprint density at radius 3 is 2.81 bits per heavy atom. The lowest BCUT2D eigenvalue weighted by atomic mass is 10.3. The van der Waals surface area contributed by atoms with E-state index < -0.39 is 10.0 Å². The van der Waals surface area contributed by atoms with E-state index in [1.165, 1.54) is 11.4 Å². The van der Waals surface area contributed by atoms with E-state index in [2.05, 4.69) is 4.98 Å². The first-order chi connectivity index (χ1) is 7.56. The van der Waals surface area contributed by atoms with Crippen molar-refractivity contribution in [3.05, 3.63) is 30.1 Å². The molecule has 1 N–H and O–H groups in total. The van der Waals surface area contributed by atoms with E-state index in [9.17, 15) is 8.42 Å². The van der Waals surface area contributed by atoms with Crippen molar-refractivity contribution in [3.63, 3.8) is 0 Å². The van der Waals surface area contributed by atoms with Crippen LogP contribution in [0.1, 0.15) is 12.0 Å². The van der Waals surface area contributed by atoms with Gasteiger partial charge in [-0.15, -0.1) is 0 Å². The average Bonchev–Trinajstić information content (AvgIpc) is 2.28. The molecule has 0 atom stereocenters. The van der Waals surface area contributed by atoms with Crippen LogP contribution in [-0.4, -0.2) is 42.2 Å². The molecular formula is C10H16N2O3S. The lowest BCUT2D eigenvalue weighted by Crippen LogP contribution is -2.29. The van der Waals surface area contributed by atoms with Gasteiger partial charge >= 0.3 is 0 Å². The van der Waals surface area contributed by atoms with Crippen LogP contribution in [0.5, 0.6) is 0 Å². The van der Waals surface area contributed by atoms with Gasteiger partial charge < -0.3 is 5.11 Å². The van der Waals surface area contributed by atoms with Gasteiger partial charge in [-0.05, 0) is 18.1 Å². The number of rotatable bonds is 6. The number of sulfonamides is 1. The molecule has 0 radical (unpaired) electrons. The summed E-state index contributed by atoms with van der Waals surface area (Å²) in [6, 6.07) is 3.59. The molecule has 5 nitrogen and oxygen atoms in total. The third-order valence-corrected chi connectivity index (χ3v) is 4.05. The number of hydrogen-bond acceptors (Lipinski definition) is 4. The summed E-state index contributed by atoms with van der Waals surface area (Å²) in [6.07, 6.45) is 3.54. The second-order valence-electron chi connectivity index (χ2n) is 3.51. The summed E-state index contributed by atoms with van der Waals surface area (Å²) in [5, 5.41) is 8.61. The summed E-state index contributed by atoms with van der Waals surface area (Å²) in [7, 11) is -1.75. The predicted octanol–water partition coefficient (Wildman–Crippen LogP) is 0.226. The molecule has 1 aromatic rings. The molecule has 0 unspecified atom stereocenters. The van der Waals surface area contributed by atoms with Crippen LogP contribution < -0.4 is 0 Å². The number of hydrogen-bond donors (Lipinski definition) is 1. The first-order valence-corrected chi connectivity index (χ1v) is 6.61. The molecule has 0 fully saturated rings. The smallest absolute Gasteiger partial charge is 0.214 e. The van der Waals surface area contributed by atoms with Gasteiger partial charge in [-0.2, -0.15) is 0 Å². The zero-order valence-corrected chi connectivity index (χ0v) is 10.0. The van der Waals surface area contributed by atoms with Gasteiger partial charge in [0.15, 0.2) is 0 Å². The Hall–Kier alpha value is -0.980. The molecule has 6 heteroatoms. The van der Waals surface area contributed by atoms with Gasteiger partial charge in [0.25, 0.3) is 0 Å². The highest BCUT2D eigenvalue weighted by Gasteiger charge is 2.17. The maximum absolute atomic E-state index is 11.7. The van der Waals surface area contributed by atoms with Crippen LogP contribution in [0.15, 0.2) is 24.5 Å². The van der Waals surface area contributed by atoms with E-state index in [1.54, 1.807) is 18.5 Å². The fourth-order valence-electron chi connectivity index (χ4n) is 1.25. The van der Waals surface area contributed by atoms with Crippen LogP contribution >= 0.6 is 0 Å². The number of aliphatic hydroxyl groups excluding tert-OH is 1. The van der Waals surface area contributed by atoms with Crippen LogP contribution in [-0.2, 0) is 16.6 Å². The van der Waals surface area contributed by atoms with Gasteiger partial charge in [-0.1, -0.05) is 6.07 Å². The molecule has 0 bridgehead atoms. The molecule has 16 heavy (non-hydrogen) atoms. The largest absolute Gasteiger partial charge is 0.396 e. The zero-order chi connectivity index (χ0) is 12.0. The fraction of sp³-hybridized carbons (Fsp3) is 0.500. The molecular weight excluding hydrogens is 228 g/mol. The van der Waals surface area contributed by atoms with Gasteiger partial charge in [-0.25, -0.2) is 12.7 Å². The second-order valence-corrected chi connectivity index (χ2v) is 5.71. The Kier molecular flexibility index (Phi) is 4.85. The lowest BCUT2D eigenvalue weighted by molar-refractivity contribution is 0.294. The van der Waals surface area contributed by atoms with Crippen LogP contribution in [0.25, 0.3) is 0 Å². The van der Waals surface area contributed by atoms with Crippen molar-refractivity contribution < 1.29 is 13.5 Å². The minimum Gasteiger partial charge on any atom is -0.396 e. The van der Waals surface area contributed by atoms with E-state index in [-0.39, 0.29) is 18.8 Å². The molecule has 0 aliphatic carbocycles. The number of nitrogens with zero attached hydrogens (tertiary/aromatic N) is 2. The molecule has 0 saturated carbocycles. The average molecular weight is 244 g/mol. The van der Waals surface area contributed by atoms with Gasteiger partial charge in [0.2, 0.25) is 10.0 Å². The highest BCUT2D eigenvalue weighted by atomic mass is 32.2. The lowest BCUT2D eigenvalue weighted by Gasteiger charge is -2.16. The van der Waals surface area contributed by atoms with Crippen molar-refractivity contribution in [2.24, 2.45) is 0 Å². The Morgan fingerprint density at radius 2 is 2.25 bits per heavy atom. The zero-order valence-electron chi connectivity index (χ0n) is 9.20. The molecule has 1 rings (SSSR count). The maximum Gasteiger partial charge on any atom is 0.214 e. The van der Waals surface area contributed by atoms with Crippen LogP contribution in [0.3, 0.4) is 0 Å². The number of pyridine rings is 1. The molecule has 1 aromatic heterocycles. The molecule has 1 heterocycles. The minimum atomic E-state index is -3.28. The third-order valence-electron chi connectivity index (χ3n) is 2.16. The van der Waals surface area contributed by atoms with Crippen molar-refractivity contribution in [2.45, 2.75) is 13.0 Å². The maximum atomic E-state index is 11.7. The summed E-state index contributed by atoms with van der Waals surface area (Å²) >= 11 is 0. The first kappa shape index (κ1) is 13.1. The molecule has 90 valence electrons. The monoisotopic (exact) mass is 244 g/mol. The van der Waals surface area contributed by atoms with Crippen molar-refractivity contribution in [1.29, 1.82) is 0 Å². The first-order valence-electron chi connectivity index (χ1n) is 5.00. The topological polar surface area (TPSA) is 70.5 Å². The summed E-state index contributed by atoms with van der Waals surface area (Å²) in [6.45, 7) is 0.196. The molecule has 0 saturated heterocycles. The van der Waals surface area contributed by atoms with Gasteiger partial charge in [0.05, 0.1) is 5.75 Å². The Morgan fingerprint density at radius 1 is 1.50 bits per heavy atom. The summed E-state index contributed by atoms with van der Waals surface area (Å²) in [4.78, 5) is 3.92. The summed E-state index contributed by atoms with van der Waals surface area (Å²) < 4.78 is 24.7. The predicted molar refractivity (Wildman–Crippen MR) is 61.2 cm³/mol. The molecule has 0 aromatic carbocycles. The third kappa shape index (κ3) is 3.88. The van der Waals surface area contributed by atoms with E-state index in [0.29, 0.717) is 6.54 Å². The fourth-order valence-corrected chi connectivity index (χ4v) is 2.40. The summed E-state index contributed by atoms with van der Waals surface area (Å²) in [5.74, 6) is -0.0275. The summed E-state index contributed by atoms with van der Waals surface area (Å²) in [5.41, 5.74) is 0.845. The molecule has 0 spiro atoms. The molecule has 0 aliphatic heterocycles. The van der Waals surface area contributed by atoms with E-state index in [4.69, 9.17) is 5.11 Å². The van der Waals surface area contributed by atoms with Crippen LogP contribution in [0, 0.1) is 0 Å². The van der Waals surface area contributed by atoms with Crippen molar-refractivity contribution >= 4 is 10.0 Å². The highest BCUT2D eigenvalue weighted by molar-refractivity contribution is 7.89.